The molecule has 0 radical (unpaired) electrons. The van der Waals surface area contributed by atoms with Crippen molar-refractivity contribution in [3.63, 3.8) is 0 Å². The normalized spacial score (nSPS) is 17.6. The molecule has 0 N–H and O–H groups in total. The second-order valence-corrected chi connectivity index (χ2v) is 7.89. The van der Waals surface area contributed by atoms with Gasteiger partial charge in [-0.1, -0.05) is 13.3 Å². The van der Waals surface area contributed by atoms with E-state index in [1.807, 2.05) is 6.92 Å². The number of nitrogens with zero attached hydrogens (tertiary/aromatic N) is 2. The molecule has 130 valence electrons. The zero-order valence-corrected chi connectivity index (χ0v) is 14.6. The van der Waals surface area contributed by atoms with E-state index in [0.717, 1.165) is 12.8 Å². The van der Waals surface area contributed by atoms with E-state index >= 15 is 0 Å². The lowest BCUT2D eigenvalue weighted by Crippen LogP contribution is -2.47. The highest BCUT2D eigenvalue weighted by Gasteiger charge is 2.31. The maximum atomic E-state index is 12.9. The van der Waals surface area contributed by atoms with E-state index in [2.05, 4.69) is 0 Å². The smallest absolute Gasteiger partial charge is 0.281 e. The first-order chi connectivity index (χ1) is 10.9. The lowest BCUT2D eigenvalue weighted by molar-refractivity contribution is 0.132. The van der Waals surface area contributed by atoms with E-state index in [4.69, 9.17) is 4.74 Å². The number of ether oxygens (including phenoxy) is 1. The van der Waals surface area contributed by atoms with Gasteiger partial charge in [0.2, 0.25) is 0 Å². The molecule has 0 bridgehead atoms. The Balaban J connectivity index is 1.86. The van der Waals surface area contributed by atoms with Crippen LogP contribution in [0.2, 0.25) is 0 Å². The molecule has 1 fully saturated rings. The molecule has 1 aromatic rings. The third kappa shape index (κ3) is 4.89. The lowest BCUT2D eigenvalue weighted by atomic mass is 10.1. The highest BCUT2D eigenvalue weighted by molar-refractivity contribution is 7.86. The van der Waals surface area contributed by atoms with Crippen LogP contribution in [0.4, 0.5) is 4.39 Å². The molecule has 5 nitrogen and oxygen atoms in total. The van der Waals surface area contributed by atoms with Gasteiger partial charge in [0.1, 0.15) is 17.7 Å². The average Bonchev–Trinajstić information content (AvgIpc) is 2.55. The van der Waals surface area contributed by atoms with Gasteiger partial charge in [-0.15, -0.1) is 0 Å². The van der Waals surface area contributed by atoms with Crippen LogP contribution in [-0.4, -0.2) is 49.8 Å². The summed E-state index contributed by atoms with van der Waals surface area (Å²) < 4.78 is 46.5. The number of benzene rings is 1. The van der Waals surface area contributed by atoms with Crippen LogP contribution in [0.1, 0.15) is 32.6 Å². The first kappa shape index (κ1) is 18.2. The molecule has 0 saturated carbocycles. The number of rotatable bonds is 7. The van der Waals surface area contributed by atoms with Gasteiger partial charge in [-0.25, -0.2) is 4.39 Å². The van der Waals surface area contributed by atoms with Gasteiger partial charge in [0.15, 0.2) is 0 Å². The van der Waals surface area contributed by atoms with Crippen molar-refractivity contribution in [2.24, 2.45) is 0 Å². The topological polar surface area (TPSA) is 49.9 Å². The molecule has 0 aliphatic carbocycles. The molecule has 0 amide bonds. The van der Waals surface area contributed by atoms with E-state index < -0.39 is 10.2 Å². The van der Waals surface area contributed by atoms with Crippen molar-refractivity contribution in [2.45, 2.75) is 38.7 Å². The number of hydrogen-bond acceptors (Lipinski definition) is 3. The third-order valence-electron chi connectivity index (χ3n) is 4.06. The molecule has 0 spiro atoms. The summed E-state index contributed by atoms with van der Waals surface area (Å²) >= 11 is 0. The Labute approximate surface area is 138 Å². The summed E-state index contributed by atoms with van der Waals surface area (Å²) in [5, 5.41) is 0. The zero-order chi connectivity index (χ0) is 16.9. The molecule has 23 heavy (non-hydrogen) atoms. The van der Waals surface area contributed by atoms with Crippen molar-refractivity contribution < 1.29 is 17.5 Å². The first-order valence-electron chi connectivity index (χ1n) is 8.07. The van der Waals surface area contributed by atoms with Crippen molar-refractivity contribution in [1.29, 1.82) is 0 Å². The van der Waals surface area contributed by atoms with Crippen molar-refractivity contribution in [1.82, 2.24) is 8.61 Å². The molecule has 1 aliphatic heterocycles. The van der Waals surface area contributed by atoms with Crippen LogP contribution in [0, 0.1) is 5.82 Å². The van der Waals surface area contributed by atoms with E-state index in [9.17, 15) is 12.8 Å². The van der Waals surface area contributed by atoms with Gasteiger partial charge in [-0.2, -0.15) is 17.0 Å². The molecule has 0 aromatic heterocycles. The number of halogens is 1. The minimum absolute atomic E-state index is 0.0344. The van der Waals surface area contributed by atoms with Crippen LogP contribution in [0.15, 0.2) is 24.3 Å². The standard InChI is InChI=1S/C16H25FN2O3S/c1-3-4-11-18(2)23(20,21)19-12-9-16(10-13-19)22-15-7-5-14(17)6-8-15/h5-8,16H,3-4,9-13H2,1-2H3. The van der Waals surface area contributed by atoms with Crippen LogP contribution in [0.5, 0.6) is 5.75 Å². The van der Waals surface area contributed by atoms with Gasteiger partial charge in [-0.05, 0) is 43.5 Å². The molecule has 0 unspecified atom stereocenters. The van der Waals surface area contributed by atoms with Crippen molar-refractivity contribution >= 4 is 10.2 Å². The predicted molar refractivity (Wildman–Crippen MR) is 88.1 cm³/mol. The van der Waals surface area contributed by atoms with Crippen LogP contribution >= 0.6 is 0 Å². The molecule has 2 rings (SSSR count). The second-order valence-electron chi connectivity index (χ2n) is 5.85. The van der Waals surface area contributed by atoms with E-state index in [-0.39, 0.29) is 11.9 Å². The fraction of sp³-hybridized carbons (Fsp3) is 0.625. The summed E-state index contributed by atoms with van der Waals surface area (Å²) in [5.41, 5.74) is 0. The SMILES string of the molecule is CCCCN(C)S(=O)(=O)N1CCC(Oc2ccc(F)cc2)CC1. The molecular weight excluding hydrogens is 319 g/mol. The van der Waals surface area contributed by atoms with Crippen molar-refractivity contribution in [3.05, 3.63) is 30.1 Å². The van der Waals surface area contributed by atoms with Gasteiger partial charge >= 0.3 is 0 Å². The van der Waals surface area contributed by atoms with E-state index in [0.29, 0.717) is 38.2 Å². The Morgan fingerprint density at radius 2 is 1.87 bits per heavy atom. The van der Waals surface area contributed by atoms with Gasteiger partial charge in [-0.3, -0.25) is 0 Å². The van der Waals surface area contributed by atoms with E-state index in [1.54, 1.807) is 19.2 Å². The molecule has 1 aromatic carbocycles. The van der Waals surface area contributed by atoms with Crippen LogP contribution < -0.4 is 4.74 Å². The number of hydrogen-bond donors (Lipinski definition) is 0. The molecule has 1 saturated heterocycles. The van der Waals surface area contributed by atoms with Crippen LogP contribution in [-0.2, 0) is 10.2 Å². The summed E-state index contributed by atoms with van der Waals surface area (Å²) in [5.74, 6) is 0.321. The van der Waals surface area contributed by atoms with Gasteiger partial charge in [0.05, 0.1) is 0 Å². The maximum Gasteiger partial charge on any atom is 0.281 e. The summed E-state index contributed by atoms with van der Waals surface area (Å²) in [6, 6.07) is 5.91. The maximum absolute atomic E-state index is 12.9. The predicted octanol–water partition coefficient (Wildman–Crippen LogP) is 2.65. The molecule has 0 atom stereocenters. The summed E-state index contributed by atoms with van der Waals surface area (Å²) in [6.45, 7) is 3.49. The Morgan fingerprint density at radius 1 is 1.26 bits per heavy atom. The fourth-order valence-electron chi connectivity index (χ4n) is 2.58. The highest BCUT2D eigenvalue weighted by atomic mass is 32.2. The monoisotopic (exact) mass is 344 g/mol. The van der Waals surface area contributed by atoms with Gasteiger partial charge in [0, 0.05) is 26.7 Å². The number of piperidine rings is 1. The Bertz CT molecular complexity index is 584. The average molecular weight is 344 g/mol. The molecule has 1 aliphatic rings. The minimum atomic E-state index is -3.37. The number of unbranched alkanes of at least 4 members (excludes halogenated alkanes) is 1. The Kier molecular flexibility index (Phi) is 6.38. The molecule has 7 heteroatoms. The van der Waals surface area contributed by atoms with Crippen LogP contribution in [0.25, 0.3) is 0 Å². The lowest BCUT2D eigenvalue weighted by Gasteiger charge is -2.33. The largest absolute Gasteiger partial charge is 0.490 e. The first-order valence-corrected chi connectivity index (χ1v) is 9.47. The fourth-order valence-corrected chi connectivity index (χ4v) is 4.01. The third-order valence-corrected chi connectivity index (χ3v) is 6.05. The van der Waals surface area contributed by atoms with E-state index in [1.165, 1.54) is 20.7 Å². The molecule has 1 heterocycles. The summed E-state index contributed by atoms with van der Waals surface area (Å²) in [4.78, 5) is 0. The quantitative estimate of drug-likeness (QED) is 0.764. The zero-order valence-electron chi connectivity index (χ0n) is 13.7. The second kappa shape index (κ2) is 8.08. The van der Waals surface area contributed by atoms with Gasteiger partial charge < -0.3 is 4.74 Å². The van der Waals surface area contributed by atoms with Crippen molar-refractivity contribution in [2.75, 3.05) is 26.7 Å². The van der Waals surface area contributed by atoms with Crippen molar-refractivity contribution in [3.8, 4) is 5.75 Å². The summed E-state index contributed by atoms with van der Waals surface area (Å²) in [7, 11) is -1.74. The van der Waals surface area contributed by atoms with Crippen LogP contribution in [0.3, 0.4) is 0 Å². The Hall–Kier alpha value is -1.18. The highest BCUT2D eigenvalue weighted by Crippen LogP contribution is 2.21. The Morgan fingerprint density at radius 3 is 2.43 bits per heavy atom. The van der Waals surface area contributed by atoms with Gasteiger partial charge in [0.25, 0.3) is 10.2 Å². The molecular formula is C16H25FN2O3S. The minimum Gasteiger partial charge on any atom is -0.490 e. The summed E-state index contributed by atoms with van der Waals surface area (Å²) in [6.07, 6.45) is 3.07.